The van der Waals surface area contributed by atoms with Crippen LogP contribution in [0, 0.1) is 0 Å². The van der Waals surface area contributed by atoms with Crippen molar-refractivity contribution in [2.75, 3.05) is 32.8 Å². The van der Waals surface area contributed by atoms with E-state index in [9.17, 15) is 5.11 Å². The number of ether oxygens (including phenoxy) is 1. The zero-order valence-electron chi connectivity index (χ0n) is 8.49. The number of hydrogen-bond donors (Lipinski definition) is 1. The first-order chi connectivity index (χ1) is 6.18. The molecule has 1 unspecified atom stereocenters. The second-order valence-corrected chi connectivity index (χ2v) is 3.77. The van der Waals surface area contributed by atoms with Gasteiger partial charge in [-0.2, -0.15) is 0 Å². The molecule has 1 rings (SSSR count). The van der Waals surface area contributed by atoms with Gasteiger partial charge in [-0.25, -0.2) is 0 Å². The van der Waals surface area contributed by atoms with Crippen LogP contribution in [0.15, 0.2) is 11.6 Å². The minimum absolute atomic E-state index is 0.326. The van der Waals surface area contributed by atoms with E-state index in [0.717, 1.165) is 26.2 Å². The third kappa shape index (κ3) is 4.41. The summed E-state index contributed by atoms with van der Waals surface area (Å²) in [6.45, 7) is 7.95. The van der Waals surface area contributed by atoms with Crippen LogP contribution in [0.3, 0.4) is 0 Å². The largest absolute Gasteiger partial charge is 0.389 e. The Labute approximate surface area is 80.0 Å². The average molecular weight is 185 g/mol. The third-order valence-electron chi connectivity index (χ3n) is 2.09. The van der Waals surface area contributed by atoms with Gasteiger partial charge in [0.2, 0.25) is 0 Å². The molecule has 13 heavy (non-hydrogen) atoms. The van der Waals surface area contributed by atoms with Crippen molar-refractivity contribution in [2.24, 2.45) is 0 Å². The molecule has 0 saturated carbocycles. The van der Waals surface area contributed by atoms with Gasteiger partial charge in [0.1, 0.15) is 0 Å². The van der Waals surface area contributed by atoms with Crippen LogP contribution < -0.4 is 0 Å². The van der Waals surface area contributed by atoms with Crippen LogP contribution in [0.2, 0.25) is 0 Å². The molecule has 0 bridgehead atoms. The maximum absolute atomic E-state index is 9.44. The zero-order valence-corrected chi connectivity index (χ0v) is 8.49. The minimum atomic E-state index is -0.326. The van der Waals surface area contributed by atoms with Gasteiger partial charge in [0.15, 0.2) is 0 Å². The van der Waals surface area contributed by atoms with Crippen LogP contribution in [0.1, 0.15) is 13.8 Å². The molecule has 1 aliphatic rings. The molecule has 1 heterocycles. The maximum Gasteiger partial charge on any atom is 0.0900 e. The molecular formula is C10H19NO2. The van der Waals surface area contributed by atoms with E-state index in [0.29, 0.717) is 6.61 Å². The topological polar surface area (TPSA) is 32.7 Å². The lowest BCUT2D eigenvalue weighted by Gasteiger charge is -2.18. The Hall–Kier alpha value is -0.380. The first-order valence-corrected chi connectivity index (χ1v) is 4.80. The van der Waals surface area contributed by atoms with Crippen LogP contribution in [0.25, 0.3) is 0 Å². The molecule has 0 aromatic rings. The Bertz CT molecular complexity index is 176. The van der Waals surface area contributed by atoms with Crippen molar-refractivity contribution < 1.29 is 9.84 Å². The van der Waals surface area contributed by atoms with E-state index in [1.807, 2.05) is 0 Å². The summed E-state index contributed by atoms with van der Waals surface area (Å²) in [7, 11) is 0. The first-order valence-electron chi connectivity index (χ1n) is 4.80. The van der Waals surface area contributed by atoms with Crippen LogP contribution in [0.5, 0.6) is 0 Å². The highest BCUT2D eigenvalue weighted by atomic mass is 16.5. The Morgan fingerprint density at radius 3 is 3.08 bits per heavy atom. The molecule has 76 valence electrons. The molecule has 0 spiro atoms. The van der Waals surface area contributed by atoms with E-state index in [2.05, 4.69) is 24.8 Å². The highest BCUT2D eigenvalue weighted by molar-refractivity contribution is 4.95. The highest BCUT2D eigenvalue weighted by Gasteiger charge is 2.14. The molecule has 3 nitrogen and oxygen atoms in total. The summed E-state index contributed by atoms with van der Waals surface area (Å²) in [5.41, 5.74) is 1.32. The molecule has 0 aromatic heterocycles. The van der Waals surface area contributed by atoms with Crippen molar-refractivity contribution in [3.63, 3.8) is 0 Å². The van der Waals surface area contributed by atoms with Crippen molar-refractivity contribution in [3.05, 3.63) is 11.6 Å². The highest BCUT2D eigenvalue weighted by Crippen LogP contribution is 2.01. The lowest BCUT2D eigenvalue weighted by molar-refractivity contribution is 0.0568. The lowest BCUT2D eigenvalue weighted by Crippen LogP contribution is -2.32. The standard InChI is InChI=1S/C10H19NO2/c1-9(2)3-4-11-5-6-13-8-10(12)7-11/h3,10,12H,4-8H2,1-2H3. The minimum Gasteiger partial charge on any atom is -0.389 e. The molecule has 3 heteroatoms. The monoisotopic (exact) mass is 185 g/mol. The van der Waals surface area contributed by atoms with Crippen LogP contribution in [-0.2, 0) is 4.74 Å². The normalized spacial score (nSPS) is 25.3. The van der Waals surface area contributed by atoms with Gasteiger partial charge >= 0.3 is 0 Å². The fourth-order valence-corrected chi connectivity index (χ4v) is 1.33. The van der Waals surface area contributed by atoms with Gasteiger partial charge in [-0.3, -0.25) is 4.90 Å². The second kappa shape index (κ2) is 5.37. The number of hydrogen-bond acceptors (Lipinski definition) is 3. The Morgan fingerprint density at radius 1 is 1.62 bits per heavy atom. The predicted molar refractivity (Wildman–Crippen MR) is 52.7 cm³/mol. The van der Waals surface area contributed by atoms with Gasteiger partial charge in [0.05, 0.1) is 19.3 Å². The number of nitrogens with zero attached hydrogens (tertiary/aromatic N) is 1. The van der Waals surface area contributed by atoms with Crippen molar-refractivity contribution in [1.29, 1.82) is 0 Å². The molecule has 1 fully saturated rings. The van der Waals surface area contributed by atoms with Crippen LogP contribution >= 0.6 is 0 Å². The summed E-state index contributed by atoms with van der Waals surface area (Å²) < 4.78 is 5.23. The quantitative estimate of drug-likeness (QED) is 0.641. The van der Waals surface area contributed by atoms with Crippen molar-refractivity contribution in [2.45, 2.75) is 20.0 Å². The zero-order chi connectivity index (χ0) is 9.68. The summed E-state index contributed by atoms with van der Waals surface area (Å²) in [6.07, 6.45) is 1.85. The predicted octanol–water partition coefficient (Wildman–Crippen LogP) is 0.646. The van der Waals surface area contributed by atoms with Crippen LogP contribution in [-0.4, -0.2) is 49.0 Å². The van der Waals surface area contributed by atoms with E-state index < -0.39 is 0 Å². The molecule has 1 saturated heterocycles. The van der Waals surface area contributed by atoms with Crippen molar-refractivity contribution in [1.82, 2.24) is 4.90 Å². The summed E-state index contributed by atoms with van der Waals surface area (Å²) in [4.78, 5) is 2.21. The first kappa shape index (κ1) is 10.7. The van der Waals surface area contributed by atoms with E-state index in [1.54, 1.807) is 0 Å². The maximum atomic E-state index is 9.44. The second-order valence-electron chi connectivity index (χ2n) is 3.77. The van der Waals surface area contributed by atoms with E-state index in [1.165, 1.54) is 5.57 Å². The fourth-order valence-electron chi connectivity index (χ4n) is 1.33. The molecule has 1 aliphatic heterocycles. The molecule has 1 N–H and O–H groups in total. The van der Waals surface area contributed by atoms with Gasteiger partial charge in [-0.15, -0.1) is 0 Å². The third-order valence-corrected chi connectivity index (χ3v) is 2.09. The summed E-state index contributed by atoms with van der Waals surface area (Å²) in [5.74, 6) is 0. The number of aliphatic hydroxyl groups excluding tert-OH is 1. The lowest BCUT2D eigenvalue weighted by atomic mass is 10.3. The number of allylic oxidation sites excluding steroid dienone is 1. The average Bonchev–Trinajstić information content (AvgIpc) is 2.26. The smallest absolute Gasteiger partial charge is 0.0900 e. The van der Waals surface area contributed by atoms with E-state index in [4.69, 9.17) is 4.74 Å². The van der Waals surface area contributed by atoms with Gasteiger partial charge in [0, 0.05) is 19.6 Å². The molecule has 0 amide bonds. The van der Waals surface area contributed by atoms with E-state index in [-0.39, 0.29) is 6.10 Å². The summed E-state index contributed by atoms with van der Waals surface area (Å²) in [6, 6.07) is 0. The van der Waals surface area contributed by atoms with E-state index >= 15 is 0 Å². The summed E-state index contributed by atoms with van der Waals surface area (Å²) in [5, 5.41) is 9.44. The van der Waals surface area contributed by atoms with Gasteiger partial charge < -0.3 is 9.84 Å². The Balaban J connectivity index is 2.35. The van der Waals surface area contributed by atoms with Gasteiger partial charge in [-0.05, 0) is 13.8 Å². The number of rotatable bonds is 2. The van der Waals surface area contributed by atoms with Gasteiger partial charge in [-0.1, -0.05) is 11.6 Å². The summed E-state index contributed by atoms with van der Waals surface area (Å²) >= 11 is 0. The van der Waals surface area contributed by atoms with Crippen molar-refractivity contribution in [3.8, 4) is 0 Å². The fraction of sp³-hybridized carbons (Fsp3) is 0.800. The molecule has 0 aromatic carbocycles. The van der Waals surface area contributed by atoms with Gasteiger partial charge in [0.25, 0.3) is 0 Å². The molecule has 1 atom stereocenters. The molecule has 0 radical (unpaired) electrons. The van der Waals surface area contributed by atoms with Crippen molar-refractivity contribution >= 4 is 0 Å². The molecule has 0 aliphatic carbocycles. The molecular weight excluding hydrogens is 166 g/mol. The van der Waals surface area contributed by atoms with Crippen LogP contribution in [0.4, 0.5) is 0 Å². The number of aliphatic hydroxyl groups is 1. The Morgan fingerprint density at radius 2 is 2.38 bits per heavy atom. The Kier molecular flexibility index (Phi) is 4.42. The SMILES string of the molecule is CC(C)=CCN1CCOCC(O)C1. The number of β-amino-alcohol motifs (C(OH)–C–C–N with tert-alkyl or cyclic N) is 1.